The highest BCUT2D eigenvalue weighted by Crippen LogP contribution is 2.15. The predicted molar refractivity (Wildman–Crippen MR) is 62.2 cm³/mol. The molecular formula is C8H11ClN8O. The number of halogens is 1. The molecule has 0 aliphatic heterocycles. The lowest BCUT2D eigenvalue weighted by Crippen LogP contribution is -2.12. The molecule has 1 atom stereocenters. The Kier molecular flexibility index (Phi) is 3.82. The quantitative estimate of drug-likeness (QED) is 0.812. The minimum absolute atomic E-state index is 0.0521. The average Bonchev–Trinajstić information content (AvgIpc) is 2.81. The van der Waals surface area contributed by atoms with Gasteiger partial charge in [0, 0.05) is 0 Å². The molecule has 0 bridgehead atoms. The molecule has 0 fully saturated rings. The standard InChI is InChI=1S/C8H11ClN8O/c1-3-18-8-12-6(9)11-7(13-8)10-4(2)5-14-16-17-15-5/h4H,3H2,1-2H3,(H,10,11,12,13)(H,14,15,16,17). The Hall–Kier alpha value is -2.03. The number of rotatable bonds is 5. The number of tetrazole rings is 1. The van der Waals surface area contributed by atoms with Gasteiger partial charge in [0.25, 0.3) is 0 Å². The van der Waals surface area contributed by atoms with Gasteiger partial charge < -0.3 is 10.1 Å². The van der Waals surface area contributed by atoms with Crippen molar-refractivity contribution in [2.45, 2.75) is 19.9 Å². The molecule has 2 aromatic heterocycles. The second-order valence-electron chi connectivity index (χ2n) is 3.28. The Morgan fingerprint density at radius 2 is 2.22 bits per heavy atom. The number of aromatic nitrogens is 7. The SMILES string of the molecule is CCOc1nc(Cl)nc(NC(C)c2nn[nH]n2)n1. The summed E-state index contributed by atoms with van der Waals surface area (Å²) in [6, 6.07) is -0.0583. The third kappa shape index (κ3) is 3.00. The second-order valence-corrected chi connectivity index (χ2v) is 3.62. The number of H-pyrrole nitrogens is 1. The van der Waals surface area contributed by atoms with Crippen molar-refractivity contribution in [1.82, 2.24) is 35.6 Å². The minimum Gasteiger partial charge on any atom is -0.464 e. The van der Waals surface area contributed by atoms with Gasteiger partial charge in [-0.2, -0.15) is 20.2 Å². The van der Waals surface area contributed by atoms with Crippen molar-refractivity contribution in [3.05, 3.63) is 11.1 Å². The van der Waals surface area contributed by atoms with Crippen LogP contribution in [0.4, 0.5) is 5.95 Å². The zero-order valence-electron chi connectivity index (χ0n) is 9.75. The van der Waals surface area contributed by atoms with Crippen molar-refractivity contribution in [2.75, 3.05) is 11.9 Å². The van der Waals surface area contributed by atoms with Crippen LogP contribution in [0, 0.1) is 0 Å². The van der Waals surface area contributed by atoms with Crippen LogP contribution >= 0.6 is 11.6 Å². The van der Waals surface area contributed by atoms with Crippen molar-refractivity contribution in [2.24, 2.45) is 0 Å². The monoisotopic (exact) mass is 270 g/mol. The van der Waals surface area contributed by atoms with E-state index in [0.29, 0.717) is 12.4 Å². The van der Waals surface area contributed by atoms with Crippen LogP contribution in [0.5, 0.6) is 6.01 Å². The summed E-state index contributed by atoms with van der Waals surface area (Å²) in [7, 11) is 0. The molecule has 18 heavy (non-hydrogen) atoms. The maximum absolute atomic E-state index is 5.76. The molecule has 0 aliphatic rings. The first-order chi connectivity index (χ1) is 8.69. The Bertz CT molecular complexity index is 504. The van der Waals surface area contributed by atoms with Crippen LogP contribution in [0.25, 0.3) is 0 Å². The van der Waals surface area contributed by atoms with Crippen LogP contribution in [-0.2, 0) is 0 Å². The van der Waals surface area contributed by atoms with E-state index in [-0.39, 0.29) is 23.3 Å². The van der Waals surface area contributed by atoms with E-state index < -0.39 is 0 Å². The fraction of sp³-hybridized carbons (Fsp3) is 0.500. The molecule has 0 radical (unpaired) electrons. The van der Waals surface area contributed by atoms with Gasteiger partial charge in [0.05, 0.1) is 12.6 Å². The first kappa shape index (κ1) is 12.4. The number of ether oxygens (including phenoxy) is 1. The molecule has 9 nitrogen and oxygen atoms in total. The summed E-state index contributed by atoms with van der Waals surface area (Å²) in [5, 5.41) is 16.6. The van der Waals surface area contributed by atoms with Gasteiger partial charge in [-0.15, -0.1) is 10.2 Å². The fourth-order valence-electron chi connectivity index (χ4n) is 1.20. The largest absolute Gasteiger partial charge is 0.464 e. The third-order valence-corrected chi connectivity index (χ3v) is 2.12. The molecular weight excluding hydrogens is 260 g/mol. The first-order valence-corrected chi connectivity index (χ1v) is 5.61. The van der Waals surface area contributed by atoms with Crippen LogP contribution < -0.4 is 10.1 Å². The molecule has 0 saturated heterocycles. The topological polar surface area (TPSA) is 114 Å². The van der Waals surface area contributed by atoms with Crippen molar-refractivity contribution in [3.63, 3.8) is 0 Å². The number of anilines is 1. The zero-order chi connectivity index (χ0) is 13.0. The molecule has 0 saturated carbocycles. The van der Waals surface area contributed by atoms with E-state index in [1.54, 1.807) is 0 Å². The fourth-order valence-corrected chi connectivity index (χ4v) is 1.35. The van der Waals surface area contributed by atoms with Crippen LogP contribution in [0.15, 0.2) is 0 Å². The minimum atomic E-state index is -0.225. The second kappa shape index (κ2) is 5.54. The summed E-state index contributed by atoms with van der Waals surface area (Å²) in [6.07, 6.45) is 0. The Labute approximate surface area is 107 Å². The van der Waals surface area contributed by atoms with Gasteiger partial charge in [-0.1, -0.05) is 5.21 Å². The van der Waals surface area contributed by atoms with E-state index in [0.717, 1.165) is 0 Å². The number of nitrogens with zero attached hydrogens (tertiary/aromatic N) is 6. The van der Waals surface area contributed by atoms with Crippen molar-refractivity contribution in [3.8, 4) is 6.01 Å². The van der Waals surface area contributed by atoms with Gasteiger partial charge in [-0.05, 0) is 25.4 Å². The maximum atomic E-state index is 5.76. The third-order valence-electron chi connectivity index (χ3n) is 1.96. The van der Waals surface area contributed by atoms with E-state index >= 15 is 0 Å². The summed E-state index contributed by atoms with van der Waals surface area (Å²) in [5.41, 5.74) is 0. The predicted octanol–water partition coefficient (Wildman–Crippen LogP) is 0.610. The molecule has 10 heteroatoms. The van der Waals surface area contributed by atoms with E-state index in [1.165, 1.54) is 0 Å². The van der Waals surface area contributed by atoms with Crippen molar-refractivity contribution < 1.29 is 4.74 Å². The molecule has 0 spiro atoms. The highest BCUT2D eigenvalue weighted by atomic mass is 35.5. The number of hydrogen-bond acceptors (Lipinski definition) is 8. The number of nitrogens with one attached hydrogen (secondary N) is 2. The average molecular weight is 271 g/mol. The lowest BCUT2D eigenvalue weighted by molar-refractivity contribution is 0.312. The normalized spacial score (nSPS) is 12.2. The van der Waals surface area contributed by atoms with E-state index in [9.17, 15) is 0 Å². The molecule has 0 amide bonds. The summed E-state index contributed by atoms with van der Waals surface area (Å²) in [5.74, 6) is 0.778. The molecule has 0 aromatic carbocycles. The highest BCUT2D eigenvalue weighted by Gasteiger charge is 2.13. The molecule has 2 rings (SSSR count). The number of aromatic amines is 1. The molecule has 1 unspecified atom stereocenters. The number of hydrogen-bond donors (Lipinski definition) is 2. The van der Waals surface area contributed by atoms with Gasteiger partial charge >= 0.3 is 6.01 Å². The van der Waals surface area contributed by atoms with Gasteiger partial charge in [-0.3, -0.25) is 0 Å². The molecule has 96 valence electrons. The van der Waals surface area contributed by atoms with Crippen LogP contribution in [0.3, 0.4) is 0 Å². The van der Waals surface area contributed by atoms with Crippen molar-refractivity contribution in [1.29, 1.82) is 0 Å². The summed E-state index contributed by atoms with van der Waals surface area (Å²) in [6.45, 7) is 4.11. The highest BCUT2D eigenvalue weighted by molar-refractivity contribution is 6.28. The Morgan fingerprint density at radius 3 is 2.89 bits per heavy atom. The van der Waals surface area contributed by atoms with Crippen molar-refractivity contribution >= 4 is 17.5 Å². The van der Waals surface area contributed by atoms with Gasteiger partial charge in [0.15, 0.2) is 5.82 Å². The van der Waals surface area contributed by atoms with Crippen LogP contribution in [0.2, 0.25) is 5.28 Å². The van der Waals surface area contributed by atoms with E-state index in [1.807, 2.05) is 13.8 Å². The van der Waals surface area contributed by atoms with Crippen LogP contribution in [0.1, 0.15) is 25.7 Å². The smallest absolute Gasteiger partial charge is 0.322 e. The summed E-state index contributed by atoms with van der Waals surface area (Å²) in [4.78, 5) is 11.8. The molecule has 0 aliphatic carbocycles. The molecule has 2 aromatic rings. The van der Waals surface area contributed by atoms with Gasteiger partial charge in [0.1, 0.15) is 0 Å². The Balaban J connectivity index is 2.13. The first-order valence-electron chi connectivity index (χ1n) is 5.23. The molecule has 2 N–H and O–H groups in total. The maximum Gasteiger partial charge on any atom is 0.322 e. The lowest BCUT2D eigenvalue weighted by atomic mass is 10.3. The summed E-state index contributed by atoms with van der Waals surface area (Å²) < 4.78 is 5.16. The molecule has 2 heterocycles. The van der Waals surface area contributed by atoms with Crippen LogP contribution in [-0.4, -0.2) is 42.2 Å². The zero-order valence-corrected chi connectivity index (χ0v) is 10.5. The lowest BCUT2D eigenvalue weighted by Gasteiger charge is -2.10. The Morgan fingerprint density at radius 1 is 1.39 bits per heavy atom. The van der Waals surface area contributed by atoms with E-state index in [2.05, 4.69) is 40.9 Å². The van der Waals surface area contributed by atoms with E-state index in [4.69, 9.17) is 16.3 Å². The van der Waals surface area contributed by atoms with Gasteiger partial charge in [0.2, 0.25) is 11.2 Å². The summed E-state index contributed by atoms with van der Waals surface area (Å²) >= 11 is 5.76. The van der Waals surface area contributed by atoms with Gasteiger partial charge in [-0.25, -0.2) is 0 Å².